The average molecular weight is 413 g/mol. The van der Waals surface area contributed by atoms with Crippen molar-refractivity contribution in [1.29, 1.82) is 0 Å². The molecule has 8 nitrogen and oxygen atoms in total. The topological polar surface area (TPSA) is 130 Å². The molecule has 0 saturated heterocycles. The summed E-state index contributed by atoms with van der Waals surface area (Å²) in [5.41, 5.74) is 0.190. The van der Waals surface area contributed by atoms with Crippen LogP contribution in [-0.2, 0) is 9.47 Å². The molecule has 8 heteroatoms. The number of carboxylic acids is 2. The lowest BCUT2D eigenvalue weighted by Gasteiger charge is -2.13. The van der Waals surface area contributed by atoms with Gasteiger partial charge in [-0.2, -0.15) is 0 Å². The van der Waals surface area contributed by atoms with Crippen LogP contribution in [0.2, 0.25) is 0 Å². The van der Waals surface area contributed by atoms with Crippen LogP contribution < -0.4 is 5.11 Å². The second-order valence-corrected chi connectivity index (χ2v) is 6.74. The van der Waals surface area contributed by atoms with E-state index in [1.165, 1.54) is 48.5 Å². The van der Waals surface area contributed by atoms with Crippen molar-refractivity contribution in [3.63, 3.8) is 0 Å². The van der Waals surface area contributed by atoms with Gasteiger partial charge in [0.25, 0.3) is 0 Å². The molecule has 2 rings (SSSR count). The van der Waals surface area contributed by atoms with Crippen molar-refractivity contribution in [2.75, 3.05) is 13.2 Å². The number of aromatic carboxylic acids is 2. The van der Waals surface area contributed by atoms with Gasteiger partial charge in [0, 0.05) is 0 Å². The first-order chi connectivity index (χ1) is 14.3. The van der Waals surface area contributed by atoms with E-state index in [0.717, 1.165) is 0 Å². The summed E-state index contributed by atoms with van der Waals surface area (Å²) < 4.78 is 10.3. The van der Waals surface area contributed by atoms with Gasteiger partial charge in [-0.25, -0.2) is 14.4 Å². The van der Waals surface area contributed by atoms with Crippen LogP contribution in [-0.4, -0.2) is 42.2 Å². The highest BCUT2D eigenvalue weighted by molar-refractivity contribution is 5.95. The summed E-state index contributed by atoms with van der Waals surface area (Å²) in [6.45, 7) is 2.13. The van der Waals surface area contributed by atoms with Crippen LogP contribution in [0.5, 0.6) is 0 Å². The first-order valence-corrected chi connectivity index (χ1v) is 9.27. The first-order valence-electron chi connectivity index (χ1n) is 9.27. The molecule has 158 valence electrons. The van der Waals surface area contributed by atoms with Crippen LogP contribution in [0.1, 0.15) is 61.2 Å². The number of hydrogen-bond donors (Lipinski definition) is 1. The maximum absolute atomic E-state index is 12.0. The van der Waals surface area contributed by atoms with Gasteiger partial charge in [-0.15, -0.1) is 0 Å². The summed E-state index contributed by atoms with van der Waals surface area (Å²) >= 11 is 0. The monoisotopic (exact) mass is 413 g/mol. The summed E-state index contributed by atoms with van der Waals surface area (Å²) in [6.07, 6.45) is 1.15. The second kappa shape index (κ2) is 10.8. The van der Waals surface area contributed by atoms with Gasteiger partial charge in [-0.1, -0.05) is 25.1 Å². The SMILES string of the molecule is CC(CCCOC(=O)c1cccc(C(=O)O)c1)COC(=O)c1cccc(C(=O)[O-])c1. The van der Waals surface area contributed by atoms with Gasteiger partial charge in [0.05, 0.1) is 35.9 Å². The van der Waals surface area contributed by atoms with Crippen LogP contribution in [0.4, 0.5) is 0 Å². The van der Waals surface area contributed by atoms with E-state index < -0.39 is 23.9 Å². The fourth-order valence-corrected chi connectivity index (χ4v) is 2.62. The summed E-state index contributed by atoms with van der Waals surface area (Å²) in [6, 6.07) is 11.0. The highest BCUT2D eigenvalue weighted by Crippen LogP contribution is 2.12. The van der Waals surface area contributed by atoms with E-state index in [9.17, 15) is 24.3 Å². The van der Waals surface area contributed by atoms with Gasteiger partial charge in [-0.05, 0) is 54.7 Å². The molecule has 0 bridgehead atoms. The number of carboxylic acid groups (broad SMARTS) is 2. The van der Waals surface area contributed by atoms with Crippen LogP contribution in [0.15, 0.2) is 48.5 Å². The zero-order chi connectivity index (χ0) is 22.1. The fourth-order valence-electron chi connectivity index (χ4n) is 2.62. The molecule has 0 amide bonds. The molecule has 0 aliphatic carbocycles. The van der Waals surface area contributed by atoms with Crippen molar-refractivity contribution in [2.24, 2.45) is 5.92 Å². The van der Waals surface area contributed by atoms with Crippen molar-refractivity contribution >= 4 is 23.9 Å². The second-order valence-electron chi connectivity index (χ2n) is 6.74. The molecule has 1 atom stereocenters. The van der Waals surface area contributed by atoms with Gasteiger partial charge in [0.2, 0.25) is 0 Å². The van der Waals surface area contributed by atoms with E-state index in [1.54, 1.807) is 0 Å². The number of benzene rings is 2. The van der Waals surface area contributed by atoms with Crippen molar-refractivity contribution in [1.82, 2.24) is 0 Å². The lowest BCUT2D eigenvalue weighted by atomic mass is 10.1. The van der Waals surface area contributed by atoms with Gasteiger partial charge in [0.15, 0.2) is 0 Å². The fraction of sp³-hybridized carbons (Fsp3) is 0.273. The predicted octanol–water partition coefficient (Wildman–Crippen LogP) is 2.18. The number of ether oxygens (including phenoxy) is 2. The third-order valence-corrected chi connectivity index (χ3v) is 4.25. The lowest BCUT2D eigenvalue weighted by molar-refractivity contribution is -0.255. The Morgan fingerprint density at radius 2 is 1.43 bits per heavy atom. The molecule has 0 saturated carbocycles. The number of carbonyl (C=O) groups is 4. The molecule has 0 spiro atoms. The summed E-state index contributed by atoms with van der Waals surface area (Å²) in [4.78, 5) is 45.8. The van der Waals surface area contributed by atoms with Crippen LogP contribution in [0, 0.1) is 5.92 Å². The van der Waals surface area contributed by atoms with E-state index in [1.807, 2.05) is 6.92 Å². The molecule has 0 aromatic heterocycles. The number of carbonyl (C=O) groups excluding carboxylic acids is 3. The van der Waals surface area contributed by atoms with Gasteiger partial charge in [0.1, 0.15) is 0 Å². The van der Waals surface area contributed by atoms with Gasteiger partial charge >= 0.3 is 17.9 Å². The highest BCUT2D eigenvalue weighted by Gasteiger charge is 2.13. The Kier molecular flexibility index (Phi) is 8.10. The first kappa shape index (κ1) is 22.6. The molecule has 0 fully saturated rings. The predicted molar refractivity (Wildman–Crippen MR) is 103 cm³/mol. The van der Waals surface area contributed by atoms with Crippen molar-refractivity contribution in [3.05, 3.63) is 70.8 Å². The summed E-state index contributed by atoms with van der Waals surface area (Å²) in [5, 5.41) is 19.8. The Morgan fingerprint density at radius 1 is 0.900 bits per heavy atom. The van der Waals surface area contributed by atoms with Crippen LogP contribution >= 0.6 is 0 Å². The standard InChI is InChI=1S/C22H22O8/c1-14(13-30-22(28)18-9-3-7-16(12-18)20(25)26)5-4-10-29-21(27)17-8-2-6-15(11-17)19(23)24/h2-3,6-9,11-12,14H,4-5,10,13H2,1H3,(H,23,24)(H,25,26)/p-1. The lowest BCUT2D eigenvalue weighted by Crippen LogP contribution is -2.22. The zero-order valence-electron chi connectivity index (χ0n) is 16.3. The molecule has 0 radical (unpaired) electrons. The smallest absolute Gasteiger partial charge is 0.338 e. The van der Waals surface area contributed by atoms with Gasteiger partial charge in [-0.3, -0.25) is 0 Å². The average Bonchev–Trinajstić information content (AvgIpc) is 2.74. The minimum Gasteiger partial charge on any atom is -0.545 e. The van der Waals surface area contributed by atoms with Crippen molar-refractivity contribution in [3.8, 4) is 0 Å². The molecule has 0 aliphatic heterocycles. The summed E-state index contributed by atoms with van der Waals surface area (Å²) in [7, 11) is 0. The minimum absolute atomic E-state index is 0.00467. The van der Waals surface area contributed by atoms with E-state index in [4.69, 9.17) is 14.6 Å². The van der Waals surface area contributed by atoms with Crippen LogP contribution in [0.25, 0.3) is 0 Å². The summed E-state index contributed by atoms with van der Waals surface area (Å²) in [5.74, 6) is -3.74. The normalized spacial score (nSPS) is 11.4. The van der Waals surface area contributed by atoms with Crippen molar-refractivity contribution < 1.29 is 38.9 Å². The molecule has 1 N–H and O–H groups in total. The molecule has 1 unspecified atom stereocenters. The number of hydrogen-bond acceptors (Lipinski definition) is 7. The highest BCUT2D eigenvalue weighted by atomic mass is 16.5. The third-order valence-electron chi connectivity index (χ3n) is 4.25. The largest absolute Gasteiger partial charge is 0.545 e. The van der Waals surface area contributed by atoms with Gasteiger partial charge < -0.3 is 24.5 Å². The van der Waals surface area contributed by atoms with E-state index in [2.05, 4.69) is 0 Å². The molecular formula is C22H21O8-. The number of rotatable bonds is 10. The molecule has 0 aliphatic rings. The van der Waals surface area contributed by atoms with Crippen LogP contribution in [0.3, 0.4) is 0 Å². The quantitative estimate of drug-likeness (QED) is 0.463. The van der Waals surface area contributed by atoms with E-state index >= 15 is 0 Å². The third kappa shape index (κ3) is 6.73. The molecule has 2 aromatic carbocycles. The Bertz CT molecular complexity index is 934. The number of esters is 2. The Morgan fingerprint density at radius 3 is 2.03 bits per heavy atom. The Labute approximate surface area is 173 Å². The molecular weight excluding hydrogens is 392 g/mol. The van der Waals surface area contributed by atoms with E-state index in [0.29, 0.717) is 12.8 Å². The van der Waals surface area contributed by atoms with Crippen molar-refractivity contribution in [2.45, 2.75) is 19.8 Å². The zero-order valence-corrected chi connectivity index (χ0v) is 16.3. The Hall–Kier alpha value is -3.68. The minimum atomic E-state index is -1.37. The maximum atomic E-state index is 12.0. The molecule has 0 heterocycles. The molecule has 30 heavy (non-hydrogen) atoms. The molecule has 2 aromatic rings. The van der Waals surface area contributed by atoms with E-state index in [-0.39, 0.29) is 41.4 Å². The maximum Gasteiger partial charge on any atom is 0.338 e. The Balaban J connectivity index is 1.71.